The zero-order valence-corrected chi connectivity index (χ0v) is 12.1. The third kappa shape index (κ3) is 2.93. The summed E-state index contributed by atoms with van der Waals surface area (Å²) in [5, 5.41) is 3.34. The summed E-state index contributed by atoms with van der Waals surface area (Å²) in [7, 11) is 0. The van der Waals surface area contributed by atoms with Crippen LogP contribution in [0.4, 0.5) is 5.69 Å². The third-order valence-electron chi connectivity index (χ3n) is 3.20. The summed E-state index contributed by atoms with van der Waals surface area (Å²) in [5.41, 5.74) is 2.13. The Morgan fingerprint density at radius 3 is 2.53 bits per heavy atom. The number of rotatable bonds is 2. The van der Waals surface area contributed by atoms with Gasteiger partial charge in [-0.15, -0.1) is 0 Å². The summed E-state index contributed by atoms with van der Waals surface area (Å²) >= 11 is 3.47. The summed E-state index contributed by atoms with van der Waals surface area (Å²) in [6.45, 7) is 4.07. The van der Waals surface area contributed by atoms with Crippen molar-refractivity contribution in [2.75, 3.05) is 31.1 Å². The van der Waals surface area contributed by atoms with Gasteiger partial charge < -0.3 is 10.2 Å². The van der Waals surface area contributed by atoms with Crippen molar-refractivity contribution in [1.82, 2.24) is 15.3 Å². The monoisotopic (exact) mass is 318 g/mol. The lowest BCUT2D eigenvalue weighted by molar-refractivity contribution is 0.588. The second-order valence-corrected chi connectivity index (χ2v) is 5.43. The largest absolute Gasteiger partial charge is 0.366 e. The van der Waals surface area contributed by atoms with Gasteiger partial charge in [0.15, 0.2) is 5.82 Å². The Morgan fingerprint density at radius 2 is 1.84 bits per heavy atom. The van der Waals surface area contributed by atoms with Crippen LogP contribution < -0.4 is 10.2 Å². The van der Waals surface area contributed by atoms with Crippen LogP contribution in [-0.2, 0) is 0 Å². The molecule has 0 saturated carbocycles. The van der Waals surface area contributed by atoms with Crippen molar-refractivity contribution in [2.24, 2.45) is 0 Å². The smallest absolute Gasteiger partial charge is 0.159 e. The molecule has 1 aliphatic rings. The number of anilines is 1. The van der Waals surface area contributed by atoms with Crippen molar-refractivity contribution >= 4 is 21.6 Å². The number of benzene rings is 1. The first-order chi connectivity index (χ1) is 9.33. The van der Waals surface area contributed by atoms with Crippen molar-refractivity contribution in [3.8, 4) is 11.4 Å². The molecule has 0 bridgehead atoms. The standard InChI is InChI=1S/C14H15BrN4/c15-12-3-1-2-11(8-12)14-17-9-13(10-18-14)19-6-4-16-5-7-19/h1-3,8-10,16H,4-7H2. The van der Waals surface area contributed by atoms with Gasteiger partial charge in [-0.05, 0) is 12.1 Å². The molecular weight excluding hydrogens is 304 g/mol. The first-order valence-electron chi connectivity index (χ1n) is 6.36. The van der Waals surface area contributed by atoms with E-state index in [4.69, 9.17) is 0 Å². The van der Waals surface area contributed by atoms with Crippen LogP contribution in [0.5, 0.6) is 0 Å². The van der Waals surface area contributed by atoms with E-state index in [1.165, 1.54) is 0 Å². The lowest BCUT2D eigenvalue weighted by atomic mass is 10.2. The Kier molecular flexibility index (Phi) is 3.75. The molecule has 98 valence electrons. The van der Waals surface area contributed by atoms with E-state index in [1.807, 2.05) is 36.7 Å². The second-order valence-electron chi connectivity index (χ2n) is 4.51. The maximum absolute atomic E-state index is 4.47. The Bertz CT molecular complexity index is 550. The average molecular weight is 319 g/mol. The molecule has 0 atom stereocenters. The number of aromatic nitrogens is 2. The van der Waals surface area contributed by atoms with Gasteiger partial charge >= 0.3 is 0 Å². The van der Waals surface area contributed by atoms with Crippen molar-refractivity contribution in [3.05, 3.63) is 41.1 Å². The molecule has 0 radical (unpaired) electrons. The summed E-state index contributed by atoms with van der Waals surface area (Å²) in [6.07, 6.45) is 3.82. The van der Waals surface area contributed by atoms with Crippen LogP contribution in [0.1, 0.15) is 0 Å². The van der Waals surface area contributed by atoms with E-state index in [9.17, 15) is 0 Å². The van der Waals surface area contributed by atoms with Gasteiger partial charge in [0.2, 0.25) is 0 Å². The van der Waals surface area contributed by atoms with Gasteiger partial charge in [0.25, 0.3) is 0 Å². The van der Waals surface area contributed by atoms with E-state index in [2.05, 4.69) is 36.1 Å². The zero-order valence-electron chi connectivity index (χ0n) is 10.5. The molecule has 0 spiro atoms. The number of nitrogens with zero attached hydrogens (tertiary/aromatic N) is 3. The van der Waals surface area contributed by atoms with E-state index in [0.717, 1.165) is 47.7 Å². The van der Waals surface area contributed by atoms with Crippen LogP contribution in [0.25, 0.3) is 11.4 Å². The van der Waals surface area contributed by atoms with Crippen LogP contribution in [-0.4, -0.2) is 36.1 Å². The van der Waals surface area contributed by atoms with Gasteiger partial charge in [-0.3, -0.25) is 0 Å². The Morgan fingerprint density at radius 1 is 1.11 bits per heavy atom. The minimum absolute atomic E-state index is 0.764. The van der Waals surface area contributed by atoms with Crippen LogP contribution in [0.3, 0.4) is 0 Å². The fourth-order valence-corrected chi connectivity index (χ4v) is 2.58. The highest BCUT2D eigenvalue weighted by Gasteiger charge is 2.11. The molecule has 1 aromatic carbocycles. The van der Waals surface area contributed by atoms with Crippen LogP contribution >= 0.6 is 15.9 Å². The van der Waals surface area contributed by atoms with Gasteiger partial charge in [-0.2, -0.15) is 0 Å². The fourth-order valence-electron chi connectivity index (χ4n) is 2.18. The molecule has 2 aromatic rings. The number of nitrogens with one attached hydrogen (secondary N) is 1. The lowest BCUT2D eigenvalue weighted by Gasteiger charge is -2.28. The summed E-state index contributed by atoms with van der Waals surface area (Å²) in [5.74, 6) is 0.764. The minimum Gasteiger partial charge on any atom is -0.366 e. The summed E-state index contributed by atoms with van der Waals surface area (Å²) in [6, 6.07) is 8.04. The molecule has 1 saturated heterocycles. The predicted octanol–water partition coefficient (Wildman–Crippen LogP) is 2.32. The number of hydrogen-bond donors (Lipinski definition) is 1. The average Bonchev–Trinajstić information content (AvgIpc) is 2.48. The molecule has 1 N–H and O–H groups in total. The van der Waals surface area contributed by atoms with E-state index in [1.54, 1.807) is 0 Å². The van der Waals surface area contributed by atoms with Crippen molar-refractivity contribution in [1.29, 1.82) is 0 Å². The highest BCUT2D eigenvalue weighted by atomic mass is 79.9. The molecular formula is C14H15BrN4. The molecule has 0 amide bonds. The minimum atomic E-state index is 0.764. The maximum Gasteiger partial charge on any atom is 0.159 e. The van der Waals surface area contributed by atoms with Crippen molar-refractivity contribution in [3.63, 3.8) is 0 Å². The normalized spacial score (nSPS) is 15.5. The molecule has 1 fully saturated rings. The van der Waals surface area contributed by atoms with Gasteiger partial charge in [0.05, 0.1) is 18.1 Å². The molecule has 5 heteroatoms. The molecule has 19 heavy (non-hydrogen) atoms. The highest BCUT2D eigenvalue weighted by Crippen LogP contribution is 2.21. The number of halogens is 1. The van der Waals surface area contributed by atoms with E-state index in [0.29, 0.717) is 0 Å². The molecule has 3 rings (SSSR count). The van der Waals surface area contributed by atoms with Gasteiger partial charge in [0, 0.05) is 36.2 Å². The summed E-state index contributed by atoms with van der Waals surface area (Å²) < 4.78 is 1.04. The lowest BCUT2D eigenvalue weighted by Crippen LogP contribution is -2.43. The molecule has 2 heterocycles. The highest BCUT2D eigenvalue weighted by molar-refractivity contribution is 9.10. The van der Waals surface area contributed by atoms with E-state index in [-0.39, 0.29) is 0 Å². The molecule has 1 aromatic heterocycles. The fraction of sp³-hybridized carbons (Fsp3) is 0.286. The first kappa shape index (κ1) is 12.6. The quantitative estimate of drug-likeness (QED) is 0.922. The van der Waals surface area contributed by atoms with Crippen LogP contribution in [0.2, 0.25) is 0 Å². The molecule has 0 aliphatic carbocycles. The third-order valence-corrected chi connectivity index (χ3v) is 3.70. The summed E-state index contributed by atoms with van der Waals surface area (Å²) in [4.78, 5) is 11.2. The molecule has 1 aliphatic heterocycles. The maximum atomic E-state index is 4.47. The number of hydrogen-bond acceptors (Lipinski definition) is 4. The van der Waals surface area contributed by atoms with Gasteiger partial charge in [0.1, 0.15) is 0 Å². The Labute approximate surface area is 121 Å². The SMILES string of the molecule is Brc1cccc(-c2ncc(N3CCNCC3)cn2)c1. The van der Waals surface area contributed by atoms with Gasteiger partial charge in [-0.25, -0.2) is 9.97 Å². The Hall–Kier alpha value is -1.46. The first-order valence-corrected chi connectivity index (χ1v) is 7.16. The Balaban J connectivity index is 1.82. The van der Waals surface area contributed by atoms with Gasteiger partial charge in [-0.1, -0.05) is 28.1 Å². The molecule has 4 nitrogen and oxygen atoms in total. The van der Waals surface area contributed by atoms with Crippen molar-refractivity contribution in [2.45, 2.75) is 0 Å². The van der Waals surface area contributed by atoms with Crippen LogP contribution in [0.15, 0.2) is 41.1 Å². The van der Waals surface area contributed by atoms with E-state index >= 15 is 0 Å². The van der Waals surface area contributed by atoms with E-state index < -0.39 is 0 Å². The second kappa shape index (κ2) is 5.67. The zero-order chi connectivity index (χ0) is 13.1. The molecule has 0 unspecified atom stereocenters. The van der Waals surface area contributed by atoms with Crippen molar-refractivity contribution < 1.29 is 0 Å². The predicted molar refractivity (Wildman–Crippen MR) is 80.3 cm³/mol. The van der Waals surface area contributed by atoms with Crippen LogP contribution in [0, 0.1) is 0 Å². The number of piperazine rings is 1. The topological polar surface area (TPSA) is 41.1 Å².